The van der Waals surface area contributed by atoms with E-state index >= 15 is 0 Å². The first kappa shape index (κ1) is 15.3. The first-order chi connectivity index (χ1) is 9.56. The molecular weight excluding hydrogens is 246 g/mol. The van der Waals surface area contributed by atoms with E-state index in [-0.39, 0.29) is 0 Å². The molecule has 0 aromatic carbocycles. The highest BCUT2D eigenvalue weighted by atomic mass is 15.3. The van der Waals surface area contributed by atoms with Gasteiger partial charge in [-0.3, -0.25) is 0 Å². The van der Waals surface area contributed by atoms with E-state index in [0.29, 0.717) is 18.0 Å². The number of hydrogen-bond acceptors (Lipinski definition) is 3. The first-order valence-electron chi connectivity index (χ1n) is 8.00. The minimum Gasteiger partial charge on any atom is -0.351 e. The number of rotatable bonds is 5. The molecule has 0 bridgehead atoms. The predicted molar refractivity (Wildman–Crippen MR) is 86.3 cm³/mol. The molecule has 2 atom stereocenters. The summed E-state index contributed by atoms with van der Waals surface area (Å²) in [6.07, 6.45) is 3.79. The highest BCUT2D eigenvalue weighted by Crippen LogP contribution is 2.32. The van der Waals surface area contributed by atoms with Gasteiger partial charge < -0.3 is 10.2 Å². The van der Waals surface area contributed by atoms with Gasteiger partial charge in [0, 0.05) is 24.3 Å². The first-order valence-corrected chi connectivity index (χ1v) is 8.00. The molecule has 1 aromatic heterocycles. The van der Waals surface area contributed by atoms with Crippen LogP contribution in [-0.2, 0) is 6.54 Å². The molecule has 3 heteroatoms. The quantitative estimate of drug-likeness (QED) is 0.888. The van der Waals surface area contributed by atoms with Gasteiger partial charge in [0.05, 0.1) is 0 Å². The Kier molecular flexibility index (Phi) is 5.03. The van der Waals surface area contributed by atoms with Crippen LogP contribution < -0.4 is 10.2 Å². The standard InChI is InChI=1S/C17H29N3/c1-6-15-8-7-13(4)20(15)17-10-14(11-18-5)9-16(19-17)12(2)3/h9-10,12-13,15,18H,6-8,11H2,1-5H3. The number of nitrogens with one attached hydrogen (secondary N) is 1. The average Bonchev–Trinajstić information content (AvgIpc) is 2.79. The van der Waals surface area contributed by atoms with Gasteiger partial charge in [-0.2, -0.15) is 0 Å². The van der Waals surface area contributed by atoms with E-state index in [9.17, 15) is 0 Å². The van der Waals surface area contributed by atoms with E-state index in [1.807, 2.05) is 7.05 Å². The van der Waals surface area contributed by atoms with Crippen molar-refractivity contribution in [3.05, 3.63) is 23.4 Å². The summed E-state index contributed by atoms with van der Waals surface area (Å²) in [6, 6.07) is 5.78. The molecule has 0 spiro atoms. The molecule has 2 rings (SSSR count). The van der Waals surface area contributed by atoms with Crippen LogP contribution in [0.25, 0.3) is 0 Å². The van der Waals surface area contributed by atoms with Crippen LogP contribution in [0.1, 0.15) is 64.1 Å². The van der Waals surface area contributed by atoms with E-state index in [1.54, 1.807) is 0 Å². The second-order valence-corrected chi connectivity index (χ2v) is 6.34. The van der Waals surface area contributed by atoms with Crippen LogP contribution in [-0.4, -0.2) is 24.1 Å². The van der Waals surface area contributed by atoms with Crippen molar-refractivity contribution < 1.29 is 0 Å². The molecule has 1 aliphatic rings. The molecule has 112 valence electrons. The van der Waals surface area contributed by atoms with E-state index in [0.717, 1.165) is 6.54 Å². The second-order valence-electron chi connectivity index (χ2n) is 6.34. The normalized spacial score (nSPS) is 22.8. The topological polar surface area (TPSA) is 28.2 Å². The third kappa shape index (κ3) is 3.14. The van der Waals surface area contributed by atoms with Gasteiger partial charge in [-0.1, -0.05) is 20.8 Å². The Hall–Kier alpha value is -1.09. The Balaban J connectivity index is 2.38. The summed E-state index contributed by atoms with van der Waals surface area (Å²) in [5.41, 5.74) is 2.55. The largest absolute Gasteiger partial charge is 0.351 e. The van der Waals surface area contributed by atoms with Gasteiger partial charge in [0.15, 0.2) is 0 Å². The van der Waals surface area contributed by atoms with Gasteiger partial charge in [0.2, 0.25) is 0 Å². The number of nitrogens with zero attached hydrogens (tertiary/aromatic N) is 2. The van der Waals surface area contributed by atoms with Crippen LogP contribution in [0.5, 0.6) is 0 Å². The van der Waals surface area contributed by atoms with Gasteiger partial charge in [-0.25, -0.2) is 4.98 Å². The zero-order chi connectivity index (χ0) is 14.7. The fraction of sp³-hybridized carbons (Fsp3) is 0.706. The summed E-state index contributed by atoms with van der Waals surface area (Å²) in [5.74, 6) is 1.65. The lowest BCUT2D eigenvalue weighted by molar-refractivity contribution is 0.617. The number of hydrogen-bond donors (Lipinski definition) is 1. The monoisotopic (exact) mass is 275 g/mol. The molecule has 2 unspecified atom stereocenters. The van der Waals surface area contributed by atoms with Crippen LogP contribution in [0, 0.1) is 0 Å². The minimum atomic E-state index is 0.476. The predicted octanol–water partition coefficient (Wildman–Crippen LogP) is 3.69. The molecule has 0 aliphatic carbocycles. The van der Waals surface area contributed by atoms with Crippen molar-refractivity contribution in [3.8, 4) is 0 Å². The SMILES string of the molecule is CCC1CCC(C)N1c1cc(CNC)cc(C(C)C)n1. The highest BCUT2D eigenvalue weighted by molar-refractivity contribution is 5.46. The van der Waals surface area contributed by atoms with Crippen molar-refractivity contribution in [3.63, 3.8) is 0 Å². The van der Waals surface area contributed by atoms with Crippen LogP contribution >= 0.6 is 0 Å². The van der Waals surface area contributed by atoms with Crippen molar-refractivity contribution >= 4 is 5.82 Å². The minimum absolute atomic E-state index is 0.476. The highest BCUT2D eigenvalue weighted by Gasteiger charge is 2.30. The molecule has 1 fully saturated rings. The molecule has 0 radical (unpaired) electrons. The van der Waals surface area contributed by atoms with E-state index in [1.165, 1.54) is 36.3 Å². The van der Waals surface area contributed by atoms with Crippen LogP contribution in [0.15, 0.2) is 12.1 Å². The molecule has 20 heavy (non-hydrogen) atoms. The van der Waals surface area contributed by atoms with Crippen molar-refractivity contribution in [2.24, 2.45) is 0 Å². The zero-order valence-corrected chi connectivity index (χ0v) is 13.6. The van der Waals surface area contributed by atoms with Gasteiger partial charge >= 0.3 is 0 Å². The fourth-order valence-electron chi connectivity index (χ4n) is 3.21. The number of anilines is 1. The number of pyridine rings is 1. The maximum Gasteiger partial charge on any atom is 0.129 e. The molecule has 1 saturated heterocycles. The van der Waals surface area contributed by atoms with Crippen LogP contribution in [0.3, 0.4) is 0 Å². The molecule has 2 heterocycles. The Bertz CT molecular complexity index is 442. The fourth-order valence-corrected chi connectivity index (χ4v) is 3.21. The molecule has 0 amide bonds. The summed E-state index contributed by atoms with van der Waals surface area (Å²) in [7, 11) is 2.00. The Morgan fingerprint density at radius 2 is 2.10 bits per heavy atom. The average molecular weight is 275 g/mol. The lowest BCUT2D eigenvalue weighted by atomic mass is 10.1. The second kappa shape index (κ2) is 6.57. The molecule has 0 saturated carbocycles. The van der Waals surface area contributed by atoms with E-state index in [4.69, 9.17) is 4.98 Å². The summed E-state index contributed by atoms with van der Waals surface area (Å²) in [4.78, 5) is 7.49. The molecule has 3 nitrogen and oxygen atoms in total. The lowest BCUT2D eigenvalue weighted by Crippen LogP contribution is -2.35. The van der Waals surface area contributed by atoms with Gasteiger partial charge in [0.1, 0.15) is 5.82 Å². The third-order valence-electron chi connectivity index (χ3n) is 4.39. The van der Waals surface area contributed by atoms with Crippen molar-refractivity contribution in [2.75, 3.05) is 11.9 Å². The summed E-state index contributed by atoms with van der Waals surface area (Å²) < 4.78 is 0. The Labute approximate surface area is 123 Å². The lowest BCUT2D eigenvalue weighted by Gasteiger charge is -2.30. The summed E-state index contributed by atoms with van der Waals surface area (Å²) in [5, 5.41) is 3.26. The van der Waals surface area contributed by atoms with Crippen LogP contribution in [0.4, 0.5) is 5.82 Å². The zero-order valence-electron chi connectivity index (χ0n) is 13.6. The third-order valence-corrected chi connectivity index (χ3v) is 4.39. The smallest absolute Gasteiger partial charge is 0.129 e. The van der Waals surface area contributed by atoms with Crippen molar-refractivity contribution in [1.29, 1.82) is 0 Å². The Morgan fingerprint density at radius 3 is 2.70 bits per heavy atom. The van der Waals surface area contributed by atoms with Gasteiger partial charge in [-0.05, 0) is 56.8 Å². The Morgan fingerprint density at radius 1 is 1.35 bits per heavy atom. The van der Waals surface area contributed by atoms with Gasteiger partial charge in [-0.15, -0.1) is 0 Å². The molecule has 1 N–H and O–H groups in total. The summed E-state index contributed by atoms with van der Waals surface area (Å²) in [6.45, 7) is 9.97. The van der Waals surface area contributed by atoms with Gasteiger partial charge in [0.25, 0.3) is 0 Å². The van der Waals surface area contributed by atoms with E-state index in [2.05, 4.69) is 50.0 Å². The molecule has 1 aromatic rings. The molecule has 1 aliphatic heterocycles. The van der Waals surface area contributed by atoms with Crippen molar-refractivity contribution in [1.82, 2.24) is 10.3 Å². The van der Waals surface area contributed by atoms with Crippen molar-refractivity contribution in [2.45, 2.75) is 71.5 Å². The van der Waals surface area contributed by atoms with Crippen LogP contribution in [0.2, 0.25) is 0 Å². The summed E-state index contributed by atoms with van der Waals surface area (Å²) >= 11 is 0. The number of aromatic nitrogens is 1. The molecular formula is C17H29N3. The maximum absolute atomic E-state index is 4.94. The van der Waals surface area contributed by atoms with E-state index < -0.39 is 0 Å². The maximum atomic E-state index is 4.94.